The molecule has 2 aromatic carbocycles. The van der Waals surface area contributed by atoms with Gasteiger partial charge >= 0.3 is 0 Å². The first kappa shape index (κ1) is 20.3. The highest BCUT2D eigenvalue weighted by Gasteiger charge is 2.19. The zero-order chi connectivity index (χ0) is 20.3. The standard InChI is InChI=1S/C20H21Cl2N3O3/c1-13(26)24-7-9-25(10-8-24)16-5-3-15(4-6-16)23-20(27)17-11-14(21)12-18(22)19(17)28-2/h3-6,11-12H,7-10H2,1-2H3,(H,23,27). The van der Waals surface area contributed by atoms with Crippen LogP contribution >= 0.6 is 23.2 Å². The fourth-order valence-corrected chi connectivity index (χ4v) is 3.74. The van der Waals surface area contributed by atoms with Crippen LogP contribution in [0.1, 0.15) is 17.3 Å². The molecule has 0 bridgehead atoms. The summed E-state index contributed by atoms with van der Waals surface area (Å²) in [6, 6.07) is 10.6. The number of methoxy groups -OCH3 is 1. The Balaban J connectivity index is 1.68. The van der Waals surface area contributed by atoms with Crippen molar-refractivity contribution in [3.63, 3.8) is 0 Å². The van der Waals surface area contributed by atoms with Crippen LogP contribution in [0.2, 0.25) is 10.0 Å². The number of hydrogen-bond acceptors (Lipinski definition) is 4. The summed E-state index contributed by atoms with van der Waals surface area (Å²) in [5.41, 5.74) is 1.96. The van der Waals surface area contributed by atoms with Gasteiger partial charge in [0.25, 0.3) is 5.91 Å². The predicted octanol–water partition coefficient (Wildman–Crippen LogP) is 3.92. The number of piperazine rings is 1. The molecule has 8 heteroatoms. The number of benzene rings is 2. The number of amides is 2. The Labute approximate surface area is 174 Å². The third kappa shape index (κ3) is 4.51. The molecule has 28 heavy (non-hydrogen) atoms. The lowest BCUT2D eigenvalue weighted by atomic mass is 10.1. The lowest BCUT2D eigenvalue weighted by molar-refractivity contribution is -0.129. The Bertz CT molecular complexity index is 879. The van der Waals surface area contributed by atoms with Gasteiger partial charge in [-0.05, 0) is 36.4 Å². The smallest absolute Gasteiger partial charge is 0.259 e. The van der Waals surface area contributed by atoms with Gasteiger partial charge in [0.2, 0.25) is 5.91 Å². The molecule has 0 radical (unpaired) electrons. The SMILES string of the molecule is COc1c(Cl)cc(Cl)cc1C(=O)Nc1ccc(N2CCN(C(C)=O)CC2)cc1. The quantitative estimate of drug-likeness (QED) is 0.812. The Hall–Kier alpha value is -2.44. The molecular weight excluding hydrogens is 401 g/mol. The van der Waals surface area contributed by atoms with Crippen LogP contribution < -0.4 is 15.0 Å². The minimum Gasteiger partial charge on any atom is -0.494 e. The van der Waals surface area contributed by atoms with Gasteiger partial charge in [0.1, 0.15) is 5.75 Å². The molecule has 3 rings (SSSR count). The summed E-state index contributed by atoms with van der Waals surface area (Å²) in [4.78, 5) is 28.1. The van der Waals surface area contributed by atoms with Crippen LogP contribution in [0.5, 0.6) is 5.75 Å². The molecule has 1 aliphatic heterocycles. The van der Waals surface area contributed by atoms with Crippen molar-refractivity contribution in [1.82, 2.24) is 4.90 Å². The molecule has 2 aromatic rings. The van der Waals surface area contributed by atoms with Gasteiger partial charge in [-0.2, -0.15) is 0 Å². The number of carbonyl (C=O) groups is 2. The molecule has 1 N–H and O–H groups in total. The van der Waals surface area contributed by atoms with Crippen molar-refractivity contribution in [3.05, 3.63) is 52.0 Å². The van der Waals surface area contributed by atoms with E-state index in [0.717, 1.165) is 18.8 Å². The van der Waals surface area contributed by atoms with E-state index in [4.69, 9.17) is 27.9 Å². The van der Waals surface area contributed by atoms with E-state index in [9.17, 15) is 9.59 Å². The molecule has 0 aromatic heterocycles. The molecule has 0 spiro atoms. The van der Waals surface area contributed by atoms with Gasteiger partial charge in [0, 0.05) is 49.5 Å². The highest BCUT2D eigenvalue weighted by molar-refractivity contribution is 6.36. The van der Waals surface area contributed by atoms with Crippen molar-refractivity contribution in [3.8, 4) is 5.75 Å². The largest absolute Gasteiger partial charge is 0.494 e. The van der Waals surface area contributed by atoms with Crippen LogP contribution in [0.25, 0.3) is 0 Å². The molecule has 0 unspecified atom stereocenters. The van der Waals surface area contributed by atoms with Crippen LogP contribution in [-0.2, 0) is 4.79 Å². The summed E-state index contributed by atoms with van der Waals surface area (Å²) in [7, 11) is 1.45. The maximum Gasteiger partial charge on any atom is 0.259 e. The van der Waals surface area contributed by atoms with E-state index in [2.05, 4.69) is 10.2 Å². The van der Waals surface area contributed by atoms with Gasteiger partial charge < -0.3 is 19.9 Å². The molecule has 6 nitrogen and oxygen atoms in total. The summed E-state index contributed by atoms with van der Waals surface area (Å²) >= 11 is 12.1. The number of anilines is 2. The molecule has 1 fully saturated rings. The first-order chi connectivity index (χ1) is 13.4. The third-order valence-corrected chi connectivity index (χ3v) is 5.17. The molecule has 1 heterocycles. The molecule has 0 saturated carbocycles. The maximum atomic E-state index is 12.6. The van der Waals surface area contributed by atoms with Crippen molar-refractivity contribution >= 4 is 46.4 Å². The Morgan fingerprint density at radius 3 is 2.25 bits per heavy atom. The number of ether oxygens (including phenoxy) is 1. The Morgan fingerprint density at radius 2 is 1.68 bits per heavy atom. The van der Waals surface area contributed by atoms with Gasteiger partial charge in [-0.1, -0.05) is 23.2 Å². The molecule has 2 amide bonds. The van der Waals surface area contributed by atoms with E-state index < -0.39 is 0 Å². The summed E-state index contributed by atoms with van der Waals surface area (Å²) < 4.78 is 5.23. The second-order valence-electron chi connectivity index (χ2n) is 6.46. The average molecular weight is 422 g/mol. The van der Waals surface area contributed by atoms with Gasteiger partial charge in [0.05, 0.1) is 17.7 Å². The Kier molecular flexibility index (Phi) is 6.31. The molecular formula is C20H21Cl2N3O3. The normalized spacial score (nSPS) is 14.0. The minimum absolute atomic E-state index is 0.106. The van der Waals surface area contributed by atoms with Gasteiger partial charge in [-0.15, -0.1) is 0 Å². The summed E-state index contributed by atoms with van der Waals surface area (Å²) in [5, 5.41) is 3.47. The highest BCUT2D eigenvalue weighted by Crippen LogP contribution is 2.32. The fraction of sp³-hybridized carbons (Fsp3) is 0.300. The van der Waals surface area contributed by atoms with Crippen molar-refractivity contribution in [2.75, 3.05) is 43.5 Å². The lowest BCUT2D eigenvalue weighted by Gasteiger charge is -2.35. The molecule has 1 aliphatic rings. The van der Waals surface area contributed by atoms with Crippen molar-refractivity contribution in [1.29, 1.82) is 0 Å². The van der Waals surface area contributed by atoms with Crippen LogP contribution in [0.15, 0.2) is 36.4 Å². The topological polar surface area (TPSA) is 61.9 Å². The van der Waals surface area contributed by atoms with Crippen LogP contribution in [-0.4, -0.2) is 50.0 Å². The number of nitrogens with one attached hydrogen (secondary N) is 1. The van der Waals surface area contributed by atoms with E-state index >= 15 is 0 Å². The third-order valence-electron chi connectivity index (χ3n) is 4.67. The van der Waals surface area contributed by atoms with Crippen LogP contribution in [0.3, 0.4) is 0 Å². The minimum atomic E-state index is -0.357. The number of halogens is 2. The predicted molar refractivity (Wildman–Crippen MR) is 112 cm³/mol. The maximum absolute atomic E-state index is 12.6. The van der Waals surface area contributed by atoms with Gasteiger partial charge in [-0.25, -0.2) is 0 Å². The molecule has 1 saturated heterocycles. The van der Waals surface area contributed by atoms with E-state index in [0.29, 0.717) is 23.8 Å². The van der Waals surface area contributed by atoms with Crippen LogP contribution in [0.4, 0.5) is 11.4 Å². The zero-order valence-electron chi connectivity index (χ0n) is 15.7. The summed E-state index contributed by atoms with van der Waals surface area (Å²) in [5.74, 6) is 0.0295. The number of rotatable bonds is 4. The molecule has 0 aliphatic carbocycles. The lowest BCUT2D eigenvalue weighted by Crippen LogP contribution is -2.48. The number of carbonyl (C=O) groups excluding carboxylic acids is 2. The second kappa shape index (κ2) is 8.71. The number of nitrogens with zero attached hydrogens (tertiary/aromatic N) is 2. The van der Waals surface area contributed by atoms with E-state index in [1.807, 2.05) is 29.2 Å². The zero-order valence-corrected chi connectivity index (χ0v) is 17.2. The second-order valence-corrected chi connectivity index (χ2v) is 7.31. The molecule has 0 atom stereocenters. The van der Waals surface area contributed by atoms with E-state index in [1.54, 1.807) is 6.92 Å². The van der Waals surface area contributed by atoms with E-state index in [1.165, 1.54) is 19.2 Å². The van der Waals surface area contributed by atoms with Crippen molar-refractivity contribution in [2.24, 2.45) is 0 Å². The van der Waals surface area contributed by atoms with Crippen molar-refractivity contribution in [2.45, 2.75) is 6.92 Å². The van der Waals surface area contributed by atoms with Crippen LogP contribution in [0, 0.1) is 0 Å². The van der Waals surface area contributed by atoms with E-state index in [-0.39, 0.29) is 28.1 Å². The molecule has 148 valence electrons. The fourth-order valence-electron chi connectivity index (χ4n) is 3.17. The summed E-state index contributed by atoms with van der Waals surface area (Å²) in [6.45, 7) is 4.58. The first-order valence-electron chi connectivity index (χ1n) is 8.84. The number of hydrogen-bond donors (Lipinski definition) is 1. The average Bonchev–Trinajstić information content (AvgIpc) is 2.68. The van der Waals surface area contributed by atoms with Crippen molar-refractivity contribution < 1.29 is 14.3 Å². The highest BCUT2D eigenvalue weighted by atomic mass is 35.5. The van der Waals surface area contributed by atoms with Gasteiger partial charge in [0.15, 0.2) is 0 Å². The Morgan fingerprint density at radius 1 is 1.04 bits per heavy atom. The summed E-state index contributed by atoms with van der Waals surface area (Å²) in [6.07, 6.45) is 0. The first-order valence-corrected chi connectivity index (χ1v) is 9.59. The monoisotopic (exact) mass is 421 g/mol. The van der Waals surface area contributed by atoms with Gasteiger partial charge in [-0.3, -0.25) is 9.59 Å².